The van der Waals surface area contributed by atoms with Gasteiger partial charge in [0.2, 0.25) is 11.8 Å². The Balaban J connectivity index is 1.66. The van der Waals surface area contributed by atoms with Gasteiger partial charge in [-0.2, -0.15) is 5.26 Å². The van der Waals surface area contributed by atoms with Gasteiger partial charge >= 0.3 is 0 Å². The summed E-state index contributed by atoms with van der Waals surface area (Å²) in [4.78, 5) is 0. The Morgan fingerprint density at radius 3 is 2.56 bits per heavy atom. The molecule has 2 heterocycles. The van der Waals surface area contributed by atoms with Gasteiger partial charge in [-0.1, -0.05) is 66.2 Å². The summed E-state index contributed by atoms with van der Waals surface area (Å²) in [5.74, 6) is 0.825. The maximum Gasteiger partial charge on any atom is 0.244 e. The number of hydrogen-bond acceptors (Lipinski definition) is 6. The monoisotopic (exact) mass is 498 g/mol. The number of ether oxygens (including phenoxy) is 3. The average molecular weight is 499 g/mol. The van der Waals surface area contributed by atoms with E-state index >= 15 is 0 Å². The number of allylic oxidation sites excluding steroid dienone is 1. The molecular weight excluding hydrogens is 476 g/mol. The number of aromatic nitrogens is 2. The molecule has 0 spiro atoms. The van der Waals surface area contributed by atoms with Gasteiger partial charge in [0.05, 0.1) is 23.8 Å². The highest BCUT2D eigenvalue weighted by Crippen LogP contribution is 2.49. The van der Waals surface area contributed by atoms with Crippen molar-refractivity contribution in [2.45, 2.75) is 19.4 Å². The molecule has 3 N–H and O–H groups in total. The molecule has 4 aromatic rings. The molecule has 1 aromatic heterocycles. The Labute approximate surface area is 213 Å². The SMILES string of the molecule is CCOc1cccc(C2C(C#N)=C(N)Oc3n[nH]c(-c4ccccc4)c32)c1OCc1ccc(Cl)cc1. The molecule has 0 aliphatic carbocycles. The number of fused-ring (bicyclic) bond motifs is 1. The lowest BCUT2D eigenvalue weighted by atomic mass is 9.82. The number of benzene rings is 3. The van der Waals surface area contributed by atoms with Crippen LogP contribution in [0.4, 0.5) is 0 Å². The third kappa shape index (κ3) is 4.35. The quantitative estimate of drug-likeness (QED) is 0.327. The Bertz CT molecular complexity index is 1460. The van der Waals surface area contributed by atoms with Crippen molar-refractivity contribution < 1.29 is 14.2 Å². The first-order chi connectivity index (χ1) is 17.6. The lowest BCUT2D eigenvalue weighted by molar-refractivity contribution is 0.266. The third-order valence-corrected chi connectivity index (χ3v) is 6.17. The average Bonchev–Trinajstić information content (AvgIpc) is 3.32. The molecule has 180 valence electrons. The van der Waals surface area contributed by atoms with Crippen LogP contribution in [-0.4, -0.2) is 16.8 Å². The highest BCUT2D eigenvalue weighted by molar-refractivity contribution is 6.30. The fourth-order valence-corrected chi connectivity index (χ4v) is 4.43. The van der Waals surface area contributed by atoms with Crippen molar-refractivity contribution in [3.63, 3.8) is 0 Å². The predicted molar refractivity (Wildman–Crippen MR) is 137 cm³/mol. The molecule has 1 aliphatic heterocycles. The molecule has 36 heavy (non-hydrogen) atoms. The van der Waals surface area contributed by atoms with Crippen LogP contribution in [0.15, 0.2) is 84.3 Å². The van der Waals surface area contributed by atoms with E-state index in [2.05, 4.69) is 16.3 Å². The third-order valence-electron chi connectivity index (χ3n) is 5.92. The number of nitrogens with two attached hydrogens (primary N) is 1. The fourth-order valence-electron chi connectivity index (χ4n) is 4.30. The fraction of sp³-hybridized carbons (Fsp3) is 0.143. The van der Waals surface area contributed by atoms with E-state index in [0.717, 1.165) is 22.4 Å². The minimum absolute atomic E-state index is 0.00609. The number of halogens is 1. The van der Waals surface area contributed by atoms with Crippen molar-refractivity contribution in [1.82, 2.24) is 10.2 Å². The number of nitrogens with zero attached hydrogens (tertiary/aromatic N) is 2. The lowest BCUT2D eigenvalue weighted by Crippen LogP contribution is -2.21. The summed E-state index contributed by atoms with van der Waals surface area (Å²) in [6.45, 7) is 2.64. The van der Waals surface area contributed by atoms with E-state index in [1.165, 1.54) is 0 Å². The summed E-state index contributed by atoms with van der Waals surface area (Å²) in [7, 11) is 0. The standard InChI is InChI=1S/C28H23ClN4O3/c1-2-34-22-10-6-9-20(26(22)35-16-17-11-13-19(29)14-12-17)23-21(15-30)27(31)36-28-24(23)25(32-33-28)18-7-4-3-5-8-18/h3-14,23H,2,16,31H2,1H3,(H,32,33). The zero-order valence-corrected chi connectivity index (χ0v) is 20.3. The zero-order valence-electron chi connectivity index (χ0n) is 19.5. The number of nitrogens with one attached hydrogen (secondary N) is 1. The summed E-state index contributed by atoms with van der Waals surface area (Å²) >= 11 is 6.04. The van der Waals surface area contributed by atoms with Gasteiger partial charge in [-0.05, 0) is 36.2 Å². The first kappa shape index (κ1) is 23.3. The molecule has 1 aliphatic rings. The van der Waals surface area contributed by atoms with Crippen LogP contribution in [0.3, 0.4) is 0 Å². The van der Waals surface area contributed by atoms with E-state index in [-0.39, 0.29) is 18.1 Å². The van der Waals surface area contributed by atoms with Crippen LogP contribution in [-0.2, 0) is 6.61 Å². The van der Waals surface area contributed by atoms with Crippen LogP contribution in [0.5, 0.6) is 17.4 Å². The van der Waals surface area contributed by atoms with Gasteiger partial charge in [-0.25, -0.2) is 0 Å². The molecule has 0 bridgehead atoms. The van der Waals surface area contributed by atoms with Gasteiger partial charge in [-0.15, -0.1) is 5.10 Å². The smallest absolute Gasteiger partial charge is 0.244 e. The van der Waals surface area contributed by atoms with Gasteiger partial charge in [0.25, 0.3) is 0 Å². The first-order valence-electron chi connectivity index (χ1n) is 11.4. The molecule has 0 saturated heterocycles. The Hall–Kier alpha value is -4.41. The maximum atomic E-state index is 10.1. The number of rotatable bonds is 7. The Morgan fingerprint density at radius 2 is 1.83 bits per heavy atom. The van der Waals surface area contributed by atoms with Crippen LogP contribution in [0.25, 0.3) is 11.3 Å². The van der Waals surface area contributed by atoms with Gasteiger partial charge < -0.3 is 19.9 Å². The topological polar surface area (TPSA) is 106 Å². The van der Waals surface area contributed by atoms with Gasteiger partial charge in [0, 0.05) is 10.6 Å². The minimum atomic E-state index is -0.590. The highest BCUT2D eigenvalue weighted by atomic mass is 35.5. The van der Waals surface area contributed by atoms with Gasteiger partial charge in [-0.3, -0.25) is 5.10 Å². The molecule has 3 aromatic carbocycles. The molecule has 0 radical (unpaired) electrons. The molecule has 0 amide bonds. The first-order valence-corrected chi connectivity index (χ1v) is 11.8. The van der Waals surface area contributed by atoms with E-state index in [1.54, 1.807) is 0 Å². The molecule has 8 heteroatoms. The molecule has 1 unspecified atom stereocenters. The number of aromatic amines is 1. The predicted octanol–water partition coefficient (Wildman–Crippen LogP) is 5.93. The van der Waals surface area contributed by atoms with E-state index < -0.39 is 5.92 Å². The Morgan fingerprint density at radius 1 is 1.06 bits per heavy atom. The molecule has 7 nitrogen and oxygen atoms in total. The molecule has 0 saturated carbocycles. The van der Waals surface area contributed by atoms with Crippen LogP contribution in [0.2, 0.25) is 5.02 Å². The molecule has 0 fully saturated rings. The number of H-pyrrole nitrogens is 1. The molecule has 1 atom stereocenters. The second kappa shape index (κ2) is 10.1. The second-order valence-corrected chi connectivity index (χ2v) is 8.57. The number of nitriles is 1. The van der Waals surface area contributed by atoms with Gasteiger partial charge in [0.1, 0.15) is 18.2 Å². The van der Waals surface area contributed by atoms with Crippen molar-refractivity contribution >= 4 is 11.6 Å². The summed E-state index contributed by atoms with van der Waals surface area (Å²) in [6, 6.07) is 25.1. The Kier molecular flexibility index (Phi) is 6.52. The summed E-state index contributed by atoms with van der Waals surface area (Å²) in [6.07, 6.45) is 0. The number of para-hydroxylation sites is 1. The summed E-state index contributed by atoms with van der Waals surface area (Å²) in [5.41, 5.74) is 10.5. The highest BCUT2D eigenvalue weighted by Gasteiger charge is 2.37. The van der Waals surface area contributed by atoms with E-state index in [4.69, 9.17) is 31.5 Å². The van der Waals surface area contributed by atoms with E-state index in [0.29, 0.717) is 34.6 Å². The van der Waals surface area contributed by atoms with Gasteiger partial charge in [0.15, 0.2) is 11.5 Å². The van der Waals surface area contributed by atoms with Crippen molar-refractivity contribution in [1.29, 1.82) is 5.26 Å². The maximum absolute atomic E-state index is 10.1. The van der Waals surface area contributed by atoms with Crippen molar-refractivity contribution in [3.8, 4) is 34.7 Å². The van der Waals surface area contributed by atoms with Crippen molar-refractivity contribution in [2.75, 3.05) is 6.61 Å². The van der Waals surface area contributed by atoms with Crippen LogP contribution >= 0.6 is 11.6 Å². The van der Waals surface area contributed by atoms with Crippen LogP contribution in [0.1, 0.15) is 29.5 Å². The molecular formula is C28H23ClN4O3. The van der Waals surface area contributed by atoms with Crippen LogP contribution in [0, 0.1) is 11.3 Å². The lowest BCUT2D eigenvalue weighted by Gasteiger charge is -2.26. The zero-order chi connectivity index (χ0) is 25.1. The summed E-state index contributed by atoms with van der Waals surface area (Å²) in [5, 5.41) is 18.2. The summed E-state index contributed by atoms with van der Waals surface area (Å²) < 4.78 is 18.0. The van der Waals surface area contributed by atoms with E-state index in [1.807, 2.05) is 79.7 Å². The van der Waals surface area contributed by atoms with E-state index in [9.17, 15) is 5.26 Å². The number of hydrogen-bond donors (Lipinski definition) is 2. The van der Waals surface area contributed by atoms with Crippen molar-refractivity contribution in [3.05, 3.63) is 106 Å². The van der Waals surface area contributed by atoms with Crippen LogP contribution < -0.4 is 19.9 Å². The second-order valence-electron chi connectivity index (χ2n) is 8.13. The molecule has 5 rings (SSSR count). The largest absolute Gasteiger partial charge is 0.490 e. The van der Waals surface area contributed by atoms with Crippen molar-refractivity contribution in [2.24, 2.45) is 5.73 Å². The minimum Gasteiger partial charge on any atom is -0.490 e. The normalized spacial score (nSPS) is 14.5.